The number of hydrogen-bond donors (Lipinski definition) is 3. The number of nitrogens with one attached hydrogen (secondary N) is 1. The second kappa shape index (κ2) is 12.0. The summed E-state index contributed by atoms with van der Waals surface area (Å²) >= 11 is 0. The predicted octanol–water partition coefficient (Wildman–Crippen LogP) is 3.35. The van der Waals surface area contributed by atoms with Crippen molar-refractivity contribution in [2.75, 3.05) is 27.7 Å². The van der Waals surface area contributed by atoms with E-state index in [9.17, 15) is 14.7 Å². The minimum Gasteiger partial charge on any atom is -0.478 e. The van der Waals surface area contributed by atoms with Gasteiger partial charge in [0.2, 0.25) is 0 Å². The first-order chi connectivity index (χ1) is 15.6. The molecule has 0 aromatic carbocycles. The number of allylic oxidation sites excluding steroid dienone is 5. The van der Waals surface area contributed by atoms with Crippen LogP contribution in [0, 0.1) is 5.92 Å². The number of aliphatic carboxylic acids is 1. The van der Waals surface area contributed by atoms with Gasteiger partial charge in [-0.15, -0.1) is 0 Å². The van der Waals surface area contributed by atoms with Gasteiger partial charge in [0.25, 0.3) is 0 Å². The highest BCUT2D eigenvalue weighted by atomic mass is 16.5. The van der Waals surface area contributed by atoms with Crippen molar-refractivity contribution < 1.29 is 24.5 Å². The lowest BCUT2D eigenvalue weighted by molar-refractivity contribution is -0.144. The quantitative estimate of drug-likeness (QED) is 0.234. The van der Waals surface area contributed by atoms with E-state index in [0.717, 1.165) is 41.3 Å². The summed E-state index contributed by atoms with van der Waals surface area (Å²) in [5.74, 6) is -1.69. The van der Waals surface area contributed by atoms with Crippen molar-refractivity contribution in [3.8, 4) is 0 Å². The van der Waals surface area contributed by atoms with Crippen LogP contribution in [0.3, 0.4) is 0 Å². The van der Waals surface area contributed by atoms with Crippen molar-refractivity contribution in [3.05, 3.63) is 58.9 Å². The average molecular weight is 459 g/mol. The predicted molar refractivity (Wildman–Crippen MR) is 129 cm³/mol. The van der Waals surface area contributed by atoms with Crippen molar-refractivity contribution >= 4 is 11.9 Å². The van der Waals surface area contributed by atoms with Crippen molar-refractivity contribution in [1.29, 1.82) is 0 Å². The van der Waals surface area contributed by atoms with Gasteiger partial charge in [0.15, 0.2) is 0 Å². The number of ether oxygens (including phenoxy) is 1. The summed E-state index contributed by atoms with van der Waals surface area (Å²) < 4.78 is 5.11. The fourth-order valence-electron chi connectivity index (χ4n) is 4.51. The van der Waals surface area contributed by atoms with Gasteiger partial charge in [-0.25, -0.2) is 4.79 Å². The Balaban J connectivity index is 2.16. The van der Waals surface area contributed by atoms with E-state index in [-0.39, 0.29) is 12.0 Å². The molecular weight excluding hydrogens is 420 g/mol. The van der Waals surface area contributed by atoms with E-state index in [1.54, 1.807) is 6.08 Å². The van der Waals surface area contributed by atoms with Gasteiger partial charge in [-0.05, 0) is 69.2 Å². The summed E-state index contributed by atoms with van der Waals surface area (Å²) in [5, 5.41) is 23.2. The first kappa shape index (κ1) is 26.6. The molecule has 7 heteroatoms. The van der Waals surface area contributed by atoms with E-state index in [2.05, 4.69) is 5.32 Å². The van der Waals surface area contributed by atoms with Crippen LogP contribution in [0.4, 0.5) is 0 Å². The molecule has 1 aliphatic heterocycles. The zero-order valence-electron chi connectivity index (χ0n) is 20.4. The third kappa shape index (κ3) is 7.44. The molecule has 33 heavy (non-hydrogen) atoms. The van der Waals surface area contributed by atoms with Crippen LogP contribution in [-0.2, 0) is 14.3 Å². The maximum Gasteiger partial charge on any atom is 0.328 e. The molecule has 1 aliphatic carbocycles. The van der Waals surface area contributed by atoms with Gasteiger partial charge in [-0.2, -0.15) is 0 Å². The number of methoxy groups -OCH3 is 1. The number of aliphatic hydroxyl groups is 1. The third-order valence-corrected chi connectivity index (χ3v) is 6.30. The molecule has 0 spiro atoms. The number of carboxylic acids is 1. The Labute approximate surface area is 197 Å². The minimum absolute atomic E-state index is 0.0793. The van der Waals surface area contributed by atoms with Crippen LogP contribution in [0.15, 0.2) is 58.9 Å². The second-order valence-corrected chi connectivity index (χ2v) is 9.12. The number of hydrogen-bond acceptors (Lipinski definition) is 6. The first-order valence-electron chi connectivity index (χ1n) is 11.5. The molecular formula is C26H38N2O5. The van der Waals surface area contributed by atoms with Crippen molar-refractivity contribution in [1.82, 2.24) is 10.2 Å². The standard InChI is InChI=1S/C26H38N2O5/c1-6-26(32,17-28(3)4)15-8-7-11-20(25(31)33-5)24-18(2)21-16-19(13-14-23(29)30)10-9-12-22(21)27-24/h9-10,12-14,16,20,22,27,32H,6-8,11,15,17H2,1-5H3,(H,29,30)/b14-13+/t20-,22?,26+/m1/s1. The molecule has 3 atom stereocenters. The van der Waals surface area contributed by atoms with Gasteiger partial charge in [-0.1, -0.05) is 38.0 Å². The van der Waals surface area contributed by atoms with Crippen LogP contribution >= 0.6 is 0 Å². The molecule has 0 fully saturated rings. The van der Waals surface area contributed by atoms with Crippen LogP contribution < -0.4 is 5.32 Å². The van der Waals surface area contributed by atoms with Gasteiger partial charge in [0.1, 0.15) is 0 Å². The lowest BCUT2D eigenvalue weighted by atomic mass is 9.89. The zero-order chi connectivity index (χ0) is 24.6. The Morgan fingerprint density at radius 1 is 1.33 bits per heavy atom. The fourth-order valence-corrected chi connectivity index (χ4v) is 4.51. The SMILES string of the molecule is CC[C@](O)(CCCC[C@@H](C(=O)OC)C1=C(C)C2=CC(/C=C/C(=O)O)=CC=CC2N1)CN(C)C. The van der Waals surface area contributed by atoms with Crippen LogP contribution in [-0.4, -0.2) is 66.4 Å². The Bertz CT molecular complexity index is 881. The largest absolute Gasteiger partial charge is 0.478 e. The number of carboxylic acid groups (broad SMARTS) is 1. The summed E-state index contributed by atoms with van der Waals surface area (Å²) in [5.41, 5.74) is 2.91. The summed E-state index contributed by atoms with van der Waals surface area (Å²) in [6.07, 6.45) is 14.0. The maximum absolute atomic E-state index is 12.7. The molecule has 2 aliphatic rings. The van der Waals surface area contributed by atoms with Crippen LogP contribution in [0.1, 0.15) is 46.0 Å². The van der Waals surface area contributed by atoms with Crippen LogP contribution in [0.25, 0.3) is 0 Å². The molecule has 1 heterocycles. The van der Waals surface area contributed by atoms with E-state index in [4.69, 9.17) is 9.84 Å². The lowest BCUT2D eigenvalue weighted by Gasteiger charge is -2.30. The van der Waals surface area contributed by atoms with Gasteiger partial charge >= 0.3 is 11.9 Å². The molecule has 2 rings (SSSR count). The van der Waals surface area contributed by atoms with E-state index in [1.165, 1.54) is 7.11 Å². The number of carbonyl (C=O) groups excluding carboxylic acids is 1. The number of rotatable bonds is 12. The Morgan fingerprint density at radius 3 is 2.67 bits per heavy atom. The monoisotopic (exact) mass is 458 g/mol. The summed E-state index contributed by atoms with van der Waals surface area (Å²) in [6, 6.07) is -0.0793. The van der Waals surface area contributed by atoms with E-state index < -0.39 is 17.5 Å². The Kier molecular flexibility index (Phi) is 9.68. The second-order valence-electron chi connectivity index (χ2n) is 9.12. The topological polar surface area (TPSA) is 99.1 Å². The highest BCUT2D eigenvalue weighted by Crippen LogP contribution is 2.35. The van der Waals surface area contributed by atoms with E-state index in [1.807, 2.05) is 57.1 Å². The number of carbonyl (C=O) groups is 2. The lowest BCUT2D eigenvalue weighted by Crippen LogP contribution is -2.39. The molecule has 0 saturated heterocycles. The third-order valence-electron chi connectivity index (χ3n) is 6.30. The highest BCUT2D eigenvalue weighted by Gasteiger charge is 2.34. The Hall–Kier alpha value is -2.64. The van der Waals surface area contributed by atoms with E-state index >= 15 is 0 Å². The highest BCUT2D eigenvalue weighted by molar-refractivity contribution is 5.81. The van der Waals surface area contributed by atoms with Crippen LogP contribution in [0.5, 0.6) is 0 Å². The molecule has 0 saturated carbocycles. The zero-order valence-corrected chi connectivity index (χ0v) is 20.4. The molecule has 0 radical (unpaired) electrons. The van der Waals surface area contributed by atoms with Crippen molar-refractivity contribution in [2.45, 2.75) is 57.6 Å². The normalized spacial score (nSPS) is 20.6. The minimum atomic E-state index is -0.997. The molecule has 0 bridgehead atoms. The van der Waals surface area contributed by atoms with Crippen LogP contribution in [0.2, 0.25) is 0 Å². The molecule has 0 aromatic heterocycles. The maximum atomic E-state index is 12.7. The van der Waals surface area contributed by atoms with Crippen molar-refractivity contribution in [3.63, 3.8) is 0 Å². The van der Waals surface area contributed by atoms with E-state index in [0.29, 0.717) is 25.8 Å². The molecule has 0 aromatic rings. The van der Waals surface area contributed by atoms with Crippen molar-refractivity contribution in [2.24, 2.45) is 5.92 Å². The Morgan fingerprint density at radius 2 is 2.06 bits per heavy atom. The average Bonchev–Trinajstić information content (AvgIpc) is 2.93. The number of unbranched alkanes of at least 4 members (excludes halogenated alkanes) is 1. The fraction of sp³-hybridized carbons (Fsp3) is 0.538. The summed E-state index contributed by atoms with van der Waals surface area (Å²) in [6.45, 7) is 4.59. The first-order valence-corrected chi connectivity index (χ1v) is 11.5. The summed E-state index contributed by atoms with van der Waals surface area (Å²) in [4.78, 5) is 25.6. The molecule has 0 amide bonds. The molecule has 3 N–H and O–H groups in total. The smallest absolute Gasteiger partial charge is 0.328 e. The molecule has 7 nitrogen and oxygen atoms in total. The molecule has 182 valence electrons. The molecule has 1 unspecified atom stereocenters. The number of likely N-dealkylation sites (N-methyl/N-ethyl adjacent to an activating group) is 1. The van der Waals surface area contributed by atoms with Gasteiger partial charge < -0.3 is 25.2 Å². The van der Waals surface area contributed by atoms with Gasteiger partial charge in [0.05, 0.1) is 24.7 Å². The summed E-state index contributed by atoms with van der Waals surface area (Å²) in [7, 11) is 5.32. The van der Waals surface area contributed by atoms with Gasteiger partial charge in [-0.3, -0.25) is 4.79 Å². The number of nitrogens with zero attached hydrogens (tertiary/aromatic N) is 1. The number of fused-ring (bicyclic) bond motifs is 1. The number of esters is 1. The van der Waals surface area contributed by atoms with Gasteiger partial charge in [0, 0.05) is 18.3 Å².